The summed E-state index contributed by atoms with van der Waals surface area (Å²) in [7, 11) is 0. The van der Waals surface area contributed by atoms with Crippen LogP contribution in [0.4, 0.5) is 0 Å². The average molecular weight is 249 g/mol. The van der Waals surface area contributed by atoms with Gasteiger partial charge in [0.05, 0.1) is 12.6 Å². The minimum absolute atomic E-state index is 0.0209. The Morgan fingerprint density at radius 2 is 2.17 bits per heavy atom. The van der Waals surface area contributed by atoms with Crippen LogP contribution in [0.2, 0.25) is 0 Å². The van der Waals surface area contributed by atoms with Gasteiger partial charge in [-0.15, -0.1) is 0 Å². The number of hydrogen-bond acceptors (Lipinski definition) is 3. The van der Waals surface area contributed by atoms with Gasteiger partial charge in [0.1, 0.15) is 5.54 Å². The van der Waals surface area contributed by atoms with E-state index < -0.39 is 5.54 Å². The lowest BCUT2D eigenvalue weighted by atomic mass is 9.99. The monoisotopic (exact) mass is 249 g/mol. The van der Waals surface area contributed by atoms with Crippen LogP contribution in [0.15, 0.2) is 0 Å². The zero-order chi connectivity index (χ0) is 13.0. The normalized spacial score (nSPS) is 27.7. The predicted molar refractivity (Wildman–Crippen MR) is 69.8 cm³/mol. The van der Waals surface area contributed by atoms with E-state index in [0.29, 0.717) is 12.5 Å². The van der Waals surface area contributed by atoms with Crippen molar-refractivity contribution in [1.29, 1.82) is 5.26 Å². The number of likely N-dealkylation sites (tertiary alicyclic amines) is 1. The van der Waals surface area contributed by atoms with Crippen molar-refractivity contribution in [2.45, 2.75) is 51.0 Å². The second kappa shape index (κ2) is 5.71. The molecule has 0 aromatic heterocycles. The fraction of sp³-hybridized carbons (Fsp3) is 0.857. The van der Waals surface area contributed by atoms with Crippen LogP contribution in [0.25, 0.3) is 0 Å². The Balaban J connectivity index is 1.83. The van der Waals surface area contributed by atoms with Crippen LogP contribution >= 0.6 is 0 Å². The van der Waals surface area contributed by atoms with Crippen LogP contribution in [-0.2, 0) is 4.79 Å². The number of piperidine rings is 1. The molecular formula is C14H23N3O. The number of nitrogens with one attached hydrogen (secondary N) is 1. The number of rotatable bonds is 3. The lowest BCUT2D eigenvalue weighted by Crippen LogP contribution is -2.50. The first-order valence-electron chi connectivity index (χ1n) is 7.08. The number of amides is 1. The summed E-state index contributed by atoms with van der Waals surface area (Å²) in [6.45, 7) is 4.70. The summed E-state index contributed by atoms with van der Waals surface area (Å²) in [5.74, 6) is 0.704. The highest BCUT2D eigenvalue weighted by Crippen LogP contribution is 2.28. The van der Waals surface area contributed by atoms with E-state index >= 15 is 0 Å². The quantitative estimate of drug-likeness (QED) is 0.827. The first kappa shape index (κ1) is 13.4. The van der Waals surface area contributed by atoms with Crippen molar-refractivity contribution >= 4 is 5.91 Å². The van der Waals surface area contributed by atoms with Gasteiger partial charge in [-0.05, 0) is 51.0 Å². The molecule has 1 aliphatic carbocycles. The van der Waals surface area contributed by atoms with Gasteiger partial charge < -0.3 is 5.32 Å². The minimum atomic E-state index is -0.571. The van der Waals surface area contributed by atoms with E-state index in [1.807, 2.05) is 0 Å². The average Bonchev–Trinajstić information content (AvgIpc) is 2.78. The number of nitriles is 1. The standard InChI is InChI=1S/C14H23N3O/c1-12-5-4-8-17(9-12)10-13(18)16-14(11-15)6-2-3-7-14/h12H,2-10H2,1H3,(H,16,18)/t12-/m0/s1. The Hall–Kier alpha value is -1.08. The summed E-state index contributed by atoms with van der Waals surface area (Å²) < 4.78 is 0. The Morgan fingerprint density at radius 3 is 2.78 bits per heavy atom. The molecular weight excluding hydrogens is 226 g/mol. The number of carbonyl (C=O) groups is 1. The van der Waals surface area contributed by atoms with Gasteiger partial charge in [0.15, 0.2) is 0 Å². The van der Waals surface area contributed by atoms with Crippen LogP contribution in [0.1, 0.15) is 45.4 Å². The van der Waals surface area contributed by atoms with Gasteiger partial charge in [-0.3, -0.25) is 9.69 Å². The molecule has 0 spiro atoms. The van der Waals surface area contributed by atoms with Crippen molar-refractivity contribution in [2.75, 3.05) is 19.6 Å². The SMILES string of the molecule is C[C@H]1CCCN(CC(=O)NC2(C#N)CCCC2)C1. The molecule has 18 heavy (non-hydrogen) atoms. The molecule has 1 amide bonds. The third kappa shape index (κ3) is 3.23. The molecule has 0 unspecified atom stereocenters. The Morgan fingerprint density at radius 1 is 1.44 bits per heavy atom. The summed E-state index contributed by atoms with van der Waals surface area (Å²) in [6, 6.07) is 2.30. The smallest absolute Gasteiger partial charge is 0.235 e. The van der Waals surface area contributed by atoms with Crippen molar-refractivity contribution < 1.29 is 4.79 Å². The van der Waals surface area contributed by atoms with Crippen LogP contribution in [0.5, 0.6) is 0 Å². The number of carbonyl (C=O) groups excluding carboxylic acids is 1. The summed E-state index contributed by atoms with van der Waals surface area (Å²) >= 11 is 0. The largest absolute Gasteiger partial charge is 0.337 e. The van der Waals surface area contributed by atoms with Crippen LogP contribution in [0, 0.1) is 17.2 Å². The third-order valence-corrected chi connectivity index (χ3v) is 4.16. The van der Waals surface area contributed by atoms with E-state index in [1.165, 1.54) is 12.8 Å². The minimum Gasteiger partial charge on any atom is -0.337 e. The fourth-order valence-corrected chi connectivity index (χ4v) is 3.18. The van der Waals surface area contributed by atoms with Crippen molar-refractivity contribution in [3.63, 3.8) is 0 Å². The highest BCUT2D eigenvalue weighted by atomic mass is 16.2. The molecule has 2 aliphatic rings. The summed E-state index contributed by atoms with van der Waals surface area (Å²) in [4.78, 5) is 14.2. The lowest BCUT2D eigenvalue weighted by Gasteiger charge is -2.31. The van der Waals surface area contributed by atoms with E-state index in [4.69, 9.17) is 0 Å². The molecule has 1 atom stereocenters. The Bertz CT molecular complexity index is 341. The molecule has 1 N–H and O–H groups in total. The van der Waals surface area contributed by atoms with E-state index in [1.54, 1.807) is 0 Å². The molecule has 1 heterocycles. The van der Waals surface area contributed by atoms with Gasteiger partial charge in [-0.25, -0.2) is 0 Å². The predicted octanol–water partition coefficient (Wildman–Crippen LogP) is 1.67. The van der Waals surface area contributed by atoms with Gasteiger partial charge >= 0.3 is 0 Å². The molecule has 1 aliphatic heterocycles. The van der Waals surface area contributed by atoms with E-state index in [9.17, 15) is 10.1 Å². The second-order valence-corrected chi connectivity index (χ2v) is 5.93. The zero-order valence-corrected chi connectivity index (χ0v) is 11.2. The molecule has 4 heteroatoms. The fourth-order valence-electron chi connectivity index (χ4n) is 3.18. The maximum Gasteiger partial charge on any atom is 0.235 e. The van der Waals surface area contributed by atoms with E-state index in [-0.39, 0.29) is 5.91 Å². The highest BCUT2D eigenvalue weighted by molar-refractivity contribution is 5.79. The maximum atomic E-state index is 12.0. The maximum absolute atomic E-state index is 12.0. The van der Waals surface area contributed by atoms with Gasteiger partial charge in [0, 0.05) is 6.54 Å². The topological polar surface area (TPSA) is 56.1 Å². The lowest BCUT2D eigenvalue weighted by molar-refractivity contribution is -0.124. The van der Waals surface area contributed by atoms with Gasteiger partial charge in [0.25, 0.3) is 0 Å². The van der Waals surface area contributed by atoms with Crippen molar-refractivity contribution in [3.8, 4) is 6.07 Å². The molecule has 0 bridgehead atoms. The van der Waals surface area contributed by atoms with Crippen LogP contribution in [0.3, 0.4) is 0 Å². The van der Waals surface area contributed by atoms with Gasteiger partial charge in [-0.1, -0.05) is 6.92 Å². The van der Waals surface area contributed by atoms with Crippen LogP contribution < -0.4 is 5.32 Å². The van der Waals surface area contributed by atoms with Crippen molar-refractivity contribution in [1.82, 2.24) is 10.2 Å². The highest BCUT2D eigenvalue weighted by Gasteiger charge is 2.35. The van der Waals surface area contributed by atoms with Gasteiger partial charge in [0.2, 0.25) is 5.91 Å². The zero-order valence-electron chi connectivity index (χ0n) is 11.2. The first-order chi connectivity index (χ1) is 8.63. The van der Waals surface area contributed by atoms with E-state index in [0.717, 1.165) is 38.8 Å². The molecule has 0 radical (unpaired) electrons. The Labute approximate surface area is 109 Å². The van der Waals surface area contributed by atoms with Crippen LogP contribution in [-0.4, -0.2) is 36.0 Å². The molecule has 1 saturated heterocycles. The summed E-state index contributed by atoms with van der Waals surface area (Å²) in [5.41, 5.74) is -0.571. The van der Waals surface area contributed by atoms with E-state index in [2.05, 4.69) is 23.2 Å². The van der Waals surface area contributed by atoms with Crippen molar-refractivity contribution in [2.24, 2.45) is 5.92 Å². The molecule has 1 saturated carbocycles. The summed E-state index contributed by atoms with van der Waals surface area (Å²) in [5, 5.41) is 12.2. The molecule has 2 rings (SSSR count). The Kier molecular flexibility index (Phi) is 4.23. The molecule has 0 aromatic carbocycles. The number of hydrogen-bond donors (Lipinski definition) is 1. The van der Waals surface area contributed by atoms with Gasteiger partial charge in [-0.2, -0.15) is 5.26 Å². The molecule has 4 nitrogen and oxygen atoms in total. The third-order valence-electron chi connectivity index (χ3n) is 4.16. The molecule has 0 aromatic rings. The molecule has 100 valence electrons. The summed E-state index contributed by atoms with van der Waals surface area (Å²) in [6.07, 6.45) is 6.17. The second-order valence-electron chi connectivity index (χ2n) is 5.93. The van der Waals surface area contributed by atoms with Crippen molar-refractivity contribution in [3.05, 3.63) is 0 Å². The molecule has 2 fully saturated rings. The number of nitrogens with zero attached hydrogens (tertiary/aromatic N) is 2. The first-order valence-corrected chi connectivity index (χ1v) is 7.08.